The van der Waals surface area contributed by atoms with Gasteiger partial charge in [-0.2, -0.15) is 11.8 Å². The molecule has 2 aliphatic heterocycles. The summed E-state index contributed by atoms with van der Waals surface area (Å²) >= 11 is 1.76. The van der Waals surface area contributed by atoms with Gasteiger partial charge in [-0.3, -0.25) is 19.4 Å². The van der Waals surface area contributed by atoms with Gasteiger partial charge in [0.2, 0.25) is 11.8 Å². The third-order valence-corrected chi connectivity index (χ3v) is 9.59. The monoisotopic (exact) mass is 634 g/mol. The Bertz CT molecular complexity index is 1050. The molecule has 0 aromatic heterocycles. The summed E-state index contributed by atoms with van der Waals surface area (Å²) in [6.07, 6.45) is 11.8. The number of thioether (sulfide) groups is 1. The van der Waals surface area contributed by atoms with Gasteiger partial charge in [0.25, 0.3) is 0 Å². The van der Waals surface area contributed by atoms with Crippen LogP contribution in [0.1, 0.15) is 77.7 Å². The van der Waals surface area contributed by atoms with Crippen molar-refractivity contribution in [2.45, 2.75) is 102 Å². The molecule has 240 valence electrons. The van der Waals surface area contributed by atoms with Crippen LogP contribution in [0.5, 0.6) is 0 Å². The highest BCUT2D eigenvalue weighted by molar-refractivity contribution is 7.99. The van der Waals surface area contributed by atoms with E-state index >= 15 is 0 Å². The van der Waals surface area contributed by atoms with Crippen molar-refractivity contribution in [1.29, 1.82) is 0 Å². The molecule has 1 aromatic rings. The highest BCUT2D eigenvalue weighted by atomic mass is 35.5. The zero-order valence-electron chi connectivity index (χ0n) is 26.1. The van der Waals surface area contributed by atoms with Gasteiger partial charge in [0.05, 0.1) is 0 Å². The van der Waals surface area contributed by atoms with Crippen molar-refractivity contribution in [3.63, 3.8) is 0 Å². The fourth-order valence-electron chi connectivity index (χ4n) is 5.97. The van der Waals surface area contributed by atoms with Gasteiger partial charge in [-0.15, -0.1) is 12.4 Å². The number of nitrogens with zero attached hydrogens (tertiary/aromatic N) is 2. The first-order chi connectivity index (χ1) is 20.2. The normalized spacial score (nSPS) is 21.0. The number of hydrogen-bond donors (Lipinski definition) is 2. The lowest BCUT2D eigenvalue weighted by molar-refractivity contribution is -0.131. The van der Waals surface area contributed by atoms with Crippen LogP contribution < -0.4 is 10.6 Å². The molecule has 3 aliphatic rings. The van der Waals surface area contributed by atoms with Crippen molar-refractivity contribution in [2.75, 3.05) is 31.1 Å². The van der Waals surface area contributed by atoms with E-state index in [9.17, 15) is 14.4 Å². The molecule has 1 saturated heterocycles. The van der Waals surface area contributed by atoms with E-state index in [1.54, 1.807) is 11.8 Å². The maximum Gasteiger partial charge on any atom is 0.411 e. The Balaban J connectivity index is 0.00000506. The van der Waals surface area contributed by atoms with Crippen molar-refractivity contribution in [2.24, 2.45) is 5.92 Å². The van der Waals surface area contributed by atoms with E-state index < -0.39 is 23.8 Å². The Labute approximate surface area is 268 Å². The fourth-order valence-corrected chi connectivity index (χ4v) is 7.25. The maximum atomic E-state index is 13.6. The number of ether oxygens (including phenoxy) is 1. The predicted molar refractivity (Wildman–Crippen MR) is 176 cm³/mol. The minimum absolute atomic E-state index is 0. The number of amides is 3. The van der Waals surface area contributed by atoms with Crippen LogP contribution in [0.15, 0.2) is 42.5 Å². The number of benzene rings is 1. The molecule has 4 rings (SSSR count). The van der Waals surface area contributed by atoms with Crippen molar-refractivity contribution >= 4 is 42.1 Å². The van der Waals surface area contributed by atoms with E-state index in [4.69, 9.17) is 4.74 Å². The largest absolute Gasteiger partial charge is 0.444 e. The first-order valence-electron chi connectivity index (χ1n) is 15.8. The van der Waals surface area contributed by atoms with Crippen molar-refractivity contribution in [3.05, 3.63) is 48.0 Å². The molecule has 0 radical (unpaired) electrons. The Hall–Kier alpha value is -2.23. The zero-order chi connectivity index (χ0) is 30.0. The van der Waals surface area contributed by atoms with E-state index in [1.165, 1.54) is 42.6 Å². The summed E-state index contributed by atoms with van der Waals surface area (Å²) < 4.78 is 5.57. The molecule has 2 atom stereocenters. The van der Waals surface area contributed by atoms with Crippen molar-refractivity contribution < 1.29 is 19.1 Å². The van der Waals surface area contributed by atoms with E-state index in [-0.39, 0.29) is 30.3 Å². The van der Waals surface area contributed by atoms with Crippen LogP contribution in [0.25, 0.3) is 0 Å². The number of carbonyl (C=O) groups is 3. The second kappa shape index (κ2) is 17.3. The smallest absolute Gasteiger partial charge is 0.411 e. The average molecular weight is 635 g/mol. The quantitative estimate of drug-likeness (QED) is 0.328. The van der Waals surface area contributed by atoms with Crippen LogP contribution in [-0.4, -0.2) is 82.6 Å². The number of hydrogen-bond acceptors (Lipinski definition) is 6. The van der Waals surface area contributed by atoms with Crippen LogP contribution >= 0.6 is 24.2 Å². The minimum Gasteiger partial charge on any atom is -0.444 e. The van der Waals surface area contributed by atoms with E-state index in [2.05, 4.69) is 39.8 Å². The molecule has 2 fully saturated rings. The number of likely N-dealkylation sites (tertiary alicyclic amines) is 1. The number of halogens is 1. The lowest BCUT2D eigenvalue weighted by Gasteiger charge is -2.35. The summed E-state index contributed by atoms with van der Waals surface area (Å²) in [7, 11) is 0. The molecule has 8 nitrogen and oxygen atoms in total. The molecular weight excluding hydrogens is 584 g/mol. The maximum absolute atomic E-state index is 13.6. The number of rotatable bonds is 10. The number of nitrogens with one attached hydrogen (secondary N) is 2. The second-order valence-corrected chi connectivity index (χ2v) is 14.1. The van der Waals surface area contributed by atoms with Gasteiger partial charge >= 0.3 is 6.09 Å². The number of carbonyl (C=O) groups excluding carboxylic acids is 3. The van der Waals surface area contributed by atoms with Crippen LogP contribution in [0.2, 0.25) is 0 Å². The average Bonchev–Trinajstić information content (AvgIpc) is 2.98. The molecule has 1 aliphatic carbocycles. The second-order valence-electron chi connectivity index (χ2n) is 13.0. The number of piperidine rings is 1. The zero-order valence-corrected chi connectivity index (χ0v) is 27.7. The van der Waals surface area contributed by atoms with Gasteiger partial charge in [0.15, 0.2) is 0 Å². The molecule has 2 heterocycles. The highest BCUT2D eigenvalue weighted by Crippen LogP contribution is 2.27. The van der Waals surface area contributed by atoms with Crippen LogP contribution in [-0.2, 0) is 20.9 Å². The molecule has 0 spiro atoms. The molecule has 1 aromatic carbocycles. The molecule has 3 amide bonds. The van der Waals surface area contributed by atoms with Gasteiger partial charge in [-0.1, -0.05) is 61.7 Å². The topological polar surface area (TPSA) is 91.0 Å². The Morgan fingerprint density at radius 1 is 1.00 bits per heavy atom. The first-order valence-corrected chi connectivity index (χ1v) is 16.9. The van der Waals surface area contributed by atoms with Gasteiger partial charge in [-0.05, 0) is 70.1 Å². The van der Waals surface area contributed by atoms with Crippen molar-refractivity contribution in [1.82, 2.24) is 20.4 Å². The van der Waals surface area contributed by atoms with E-state index in [0.717, 1.165) is 38.2 Å². The highest BCUT2D eigenvalue weighted by Gasteiger charge is 2.35. The Morgan fingerprint density at radius 2 is 1.70 bits per heavy atom. The summed E-state index contributed by atoms with van der Waals surface area (Å²) in [5.74, 6) is 1.78. The van der Waals surface area contributed by atoms with E-state index in [1.807, 2.05) is 39.0 Å². The third kappa shape index (κ3) is 11.7. The first kappa shape index (κ1) is 35.3. The molecule has 0 bridgehead atoms. The van der Waals surface area contributed by atoms with Crippen LogP contribution in [0.4, 0.5) is 4.79 Å². The predicted octanol–water partition coefficient (Wildman–Crippen LogP) is 5.55. The molecule has 10 heteroatoms. The van der Waals surface area contributed by atoms with Crippen molar-refractivity contribution in [3.8, 4) is 0 Å². The molecular formula is C33H51ClN4O4S. The lowest BCUT2D eigenvalue weighted by Crippen LogP contribution is -2.58. The molecule has 1 unspecified atom stereocenters. The Kier molecular flexibility index (Phi) is 14.2. The van der Waals surface area contributed by atoms with Gasteiger partial charge in [-0.25, -0.2) is 4.79 Å². The summed E-state index contributed by atoms with van der Waals surface area (Å²) in [4.78, 5) is 44.0. The fraction of sp³-hybridized carbons (Fsp3) is 0.667. The summed E-state index contributed by atoms with van der Waals surface area (Å²) in [6.45, 7) is 8.52. The Morgan fingerprint density at radius 3 is 2.37 bits per heavy atom. The standard InChI is InChI=1S/C33H50N4O4S.ClH/c1-33(2,3)41-32(40)37-19-11-10-16-29(37)31(39)35-28(24-42-23-26-14-8-5-9-15-26)30(38)34-27-17-20-36(21-18-27)22-25-12-6-4-7-13-25;/h4,6-7,10-13,26-29H,5,8-9,14-24H2,1-3H3,(H,34,38)(H,35,39);1H/t28-,29?;/m0./s1. The van der Waals surface area contributed by atoms with E-state index in [0.29, 0.717) is 24.6 Å². The molecule has 2 N–H and O–H groups in total. The molecule has 43 heavy (non-hydrogen) atoms. The third-order valence-electron chi connectivity index (χ3n) is 8.31. The summed E-state index contributed by atoms with van der Waals surface area (Å²) in [5, 5.41) is 6.29. The van der Waals surface area contributed by atoms with Gasteiger partial charge in [0, 0.05) is 38.0 Å². The lowest BCUT2D eigenvalue weighted by atomic mass is 9.91. The summed E-state index contributed by atoms with van der Waals surface area (Å²) in [6, 6.07) is 9.20. The SMILES string of the molecule is CC(C)(C)OC(=O)N1CC=CCC1C(=O)N[C@@H](CSCC1CCCCC1)C(=O)NC1CCN(Cc2ccccc2)CC1.Cl. The van der Waals surface area contributed by atoms with Gasteiger partial charge < -0.3 is 15.4 Å². The van der Waals surface area contributed by atoms with Gasteiger partial charge in [0.1, 0.15) is 17.7 Å². The minimum atomic E-state index is -0.704. The van der Waals surface area contributed by atoms with Crippen LogP contribution in [0, 0.1) is 5.92 Å². The molecule has 1 saturated carbocycles. The summed E-state index contributed by atoms with van der Waals surface area (Å²) in [5.41, 5.74) is 0.643. The van der Waals surface area contributed by atoms with Crippen LogP contribution in [0.3, 0.4) is 0 Å².